The molecule has 18 heavy (non-hydrogen) atoms. The number of hydrogen-bond donors (Lipinski definition) is 1. The number of nitrogens with one attached hydrogen (secondary N) is 1. The molecule has 0 bridgehead atoms. The van der Waals surface area contributed by atoms with Crippen molar-refractivity contribution < 1.29 is 4.84 Å². The average Bonchev–Trinajstić information content (AvgIpc) is 2.40. The molecule has 2 nitrogen and oxygen atoms in total. The van der Waals surface area contributed by atoms with Crippen molar-refractivity contribution in [1.82, 2.24) is 5.48 Å². The van der Waals surface area contributed by atoms with Crippen molar-refractivity contribution in [2.24, 2.45) is 0 Å². The molecule has 0 fully saturated rings. The lowest BCUT2D eigenvalue weighted by Gasteiger charge is -2.14. The summed E-state index contributed by atoms with van der Waals surface area (Å²) in [5.41, 5.74) is 5.46. The second-order valence-corrected chi connectivity index (χ2v) is 5.41. The number of hydrogen-bond acceptors (Lipinski definition) is 2. The minimum absolute atomic E-state index is 0.186. The summed E-state index contributed by atoms with van der Waals surface area (Å²) in [6, 6.07) is 18.8. The van der Waals surface area contributed by atoms with E-state index in [9.17, 15) is 0 Å². The molecule has 0 radical (unpaired) electrons. The molecule has 0 spiro atoms. The topological polar surface area (TPSA) is 21.3 Å². The Morgan fingerprint density at radius 2 is 1.72 bits per heavy atom. The fourth-order valence-corrected chi connectivity index (χ4v) is 2.00. The van der Waals surface area contributed by atoms with E-state index in [2.05, 4.69) is 71.4 Å². The number of benzene rings is 2. The van der Waals surface area contributed by atoms with Crippen LogP contribution in [0.3, 0.4) is 0 Å². The Morgan fingerprint density at radius 3 is 2.39 bits per heavy atom. The highest BCUT2D eigenvalue weighted by Crippen LogP contribution is 2.14. The zero-order valence-electron chi connectivity index (χ0n) is 10.3. The third-order valence-corrected chi connectivity index (χ3v) is 3.43. The van der Waals surface area contributed by atoms with Gasteiger partial charge >= 0.3 is 0 Å². The molecule has 3 heteroatoms. The molecule has 1 N–H and O–H groups in total. The Kier molecular flexibility index (Phi) is 5.16. The highest BCUT2D eigenvalue weighted by atomic mass is 127. The minimum atomic E-state index is 0.186. The summed E-state index contributed by atoms with van der Waals surface area (Å²) < 4.78 is 1.24. The van der Waals surface area contributed by atoms with E-state index in [4.69, 9.17) is 4.84 Å². The van der Waals surface area contributed by atoms with Crippen LogP contribution in [0.25, 0.3) is 0 Å². The maximum absolute atomic E-state index is 5.51. The first-order valence-corrected chi connectivity index (χ1v) is 7.00. The zero-order valence-corrected chi connectivity index (χ0v) is 12.4. The first kappa shape index (κ1) is 13.5. The van der Waals surface area contributed by atoms with Crippen LogP contribution in [0.2, 0.25) is 0 Å². The van der Waals surface area contributed by atoms with Crippen molar-refractivity contribution in [1.29, 1.82) is 0 Å². The van der Waals surface area contributed by atoms with E-state index in [1.165, 1.54) is 14.7 Å². The van der Waals surface area contributed by atoms with Gasteiger partial charge in [-0.3, -0.25) is 4.84 Å². The van der Waals surface area contributed by atoms with Gasteiger partial charge in [-0.25, -0.2) is 0 Å². The summed E-state index contributed by atoms with van der Waals surface area (Å²) in [5.74, 6) is 0. The Morgan fingerprint density at radius 1 is 1.06 bits per heavy atom. The second kappa shape index (κ2) is 6.87. The summed E-state index contributed by atoms with van der Waals surface area (Å²) >= 11 is 2.30. The van der Waals surface area contributed by atoms with Gasteiger partial charge in [0.1, 0.15) is 0 Å². The maximum atomic E-state index is 5.51. The largest absolute Gasteiger partial charge is 0.296 e. The van der Waals surface area contributed by atoms with Gasteiger partial charge in [0, 0.05) is 3.57 Å². The van der Waals surface area contributed by atoms with E-state index >= 15 is 0 Å². The van der Waals surface area contributed by atoms with Crippen LogP contribution >= 0.6 is 22.6 Å². The highest BCUT2D eigenvalue weighted by molar-refractivity contribution is 14.1. The molecule has 1 unspecified atom stereocenters. The quantitative estimate of drug-likeness (QED) is 0.646. The molecule has 2 rings (SSSR count). The smallest absolute Gasteiger partial charge is 0.0933 e. The number of rotatable bonds is 5. The van der Waals surface area contributed by atoms with E-state index in [0.717, 1.165) is 0 Å². The third-order valence-electron chi connectivity index (χ3n) is 2.71. The van der Waals surface area contributed by atoms with Crippen LogP contribution < -0.4 is 5.48 Å². The molecule has 0 aliphatic rings. The predicted octanol–water partition coefficient (Wildman–Crippen LogP) is 4.07. The monoisotopic (exact) mass is 353 g/mol. The first-order chi connectivity index (χ1) is 8.75. The highest BCUT2D eigenvalue weighted by Gasteiger charge is 2.04. The molecule has 0 aliphatic heterocycles. The average molecular weight is 353 g/mol. The van der Waals surface area contributed by atoms with E-state index in [1.807, 2.05) is 18.2 Å². The van der Waals surface area contributed by atoms with Gasteiger partial charge in [0.25, 0.3) is 0 Å². The number of hydroxylamine groups is 1. The van der Waals surface area contributed by atoms with Gasteiger partial charge < -0.3 is 0 Å². The summed E-state index contributed by atoms with van der Waals surface area (Å²) in [4.78, 5) is 5.51. The van der Waals surface area contributed by atoms with Crippen molar-refractivity contribution in [3.05, 3.63) is 69.3 Å². The lowest BCUT2D eigenvalue weighted by molar-refractivity contribution is 0.00698. The summed E-state index contributed by atoms with van der Waals surface area (Å²) in [5, 5.41) is 0. The third kappa shape index (κ3) is 4.08. The molecule has 0 aromatic heterocycles. The fraction of sp³-hybridized carbons (Fsp3) is 0.200. The molecule has 2 aromatic rings. The van der Waals surface area contributed by atoms with Crippen LogP contribution in [0, 0.1) is 3.57 Å². The van der Waals surface area contributed by atoms with Crippen LogP contribution in [0.15, 0.2) is 54.6 Å². The predicted molar refractivity (Wildman–Crippen MR) is 81.9 cm³/mol. The molecule has 2 aromatic carbocycles. The van der Waals surface area contributed by atoms with Crippen LogP contribution in [-0.4, -0.2) is 0 Å². The molecular weight excluding hydrogens is 337 g/mol. The Bertz CT molecular complexity index is 470. The first-order valence-electron chi connectivity index (χ1n) is 5.92. The van der Waals surface area contributed by atoms with Crippen molar-refractivity contribution in [3.63, 3.8) is 0 Å². The summed E-state index contributed by atoms with van der Waals surface area (Å²) in [6.45, 7) is 2.67. The molecule has 0 heterocycles. The molecular formula is C15H16INO. The van der Waals surface area contributed by atoms with Gasteiger partial charge in [0.15, 0.2) is 0 Å². The number of halogens is 1. The minimum Gasteiger partial charge on any atom is -0.296 e. The summed E-state index contributed by atoms with van der Waals surface area (Å²) in [6.07, 6.45) is 0. The molecule has 0 saturated carbocycles. The van der Waals surface area contributed by atoms with Gasteiger partial charge in [-0.1, -0.05) is 42.5 Å². The summed E-state index contributed by atoms with van der Waals surface area (Å²) in [7, 11) is 0. The SMILES string of the molecule is CC(NOCc1ccccc1)c1ccc(I)cc1. The lowest BCUT2D eigenvalue weighted by Crippen LogP contribution is -2.18. The molecule has 0 amide bonds. The van der Waals surface area contributed by atoms with Crippen molar-refractivity contribution in [3.8, 4) is 0 Å². The molecule has 0 aliphatic carbocycles. The van der Waals surface area contributed by atoms with Crippen LogP contribution in [0.1, 0.15) is 24.1 Å². The van der Waals surface area contributed by atoms with Gasteiger partial charge in [0.05, 0.1) is 12.6 Å². The van der Waals surface area contributed by atoms with Crippen molar-refractivity contribution in [2.45, 2.75) is 19.6 Å². The van der Waals surface area contributed by atoms with Gasteiger partial charge in [-0.2, -0.15) is 5.48 Å². The van der Waals surface area contributed by atoms with Gasteiger partial charge in [-0.15, -0.1) is 0 Å². The second-order valence-electron chi connectivity index (χ2n) is 4.17. The van der Waals surface area contributed by atoms with Gasteiger partial charge in [0.2, 0.25) is 0 Å². The standard InChI is InChI=1S/C15H16INO/c1-12(14-7-9-15(16)10-8-14)17-18-11-13-5-3-2-4-6-13/h2-10,12,17H,11H2,1H3. The Balaban J connectivity index is 1.81. The maximum Gasteiger partial charge on any atom is 0.0933 e. The van der Waals surface area contributed by atoms with E-state index in [-0.39, 0.29) is 6.04 Å². The fourth-order valence-electron chi connectivity index (χ4n) is 1.64. The Hall–Kier alpha value is -0.910. The normalized spacial score (nSPS) is 12.3. The van der Waals surface area contributed by atoms with Crippen LogP contribution in [0.5, 0.6) is 0 Å². The van der Waals surface area contributed by atoms with E-state index in [1.54, 1.807) is 0 Å². The van der Waals surface area contributed by atoms with Crippen LogP contribution in [0.4, 0.5) is 0 Å². The van der Waals surface area contributed by atoms with Crippen molar-refractivity contribution >= 4 is 22.6 Å². The Labute approximate surface area is 121 Å². The molecule has 0 saturated heterocycles. The van der Waals surface area contributed by atoms with Gasteiger partial charge in [-0.05, 0) is 52.8 Å². The zero-order chi connectivity index (χ0) is 12.8. The van der Waals surface area contributed by atoms with E-state index < -0.39 is 0 Å². The van der Waals surface area contributed by atoms with Crippen LogP contribution in [-0.2, 0) is 11.4 Å². The molecule has 1 atom stereocenters. The van der Waals surface area contributed by atoms with E-state index in [0.29, 0.717) is 6.61 Å². The molecule has 94 valence electrons. The lowest BCUT2D eigenvalue weighted by atomic mass is 10.1. The van der Waals surface area contributed by atoms with Crippen molar-refractivity contribution in [2.75, 3.05) is 0 Å².